The molecule has 2 N–H and O–H groups in total. The monoisotopic (exact) mass is 723 g/mol. The molecular weight excluding hydrogens is 667 g/mol. The van der Waals surface area contributed by atoms with Crippen LogP contribution in [0.4, 0.5) is 5.69 Å². The Morgan fingerprint density at radius 3 is 2.39 bits per heavy atom. The van der Waals surface area contributed by atoms with Gasteiger partial charge in [0.15, 0.2) is 0 Å². The molecule has 0 amide bonds. The molecule has 0 bridgehead atoms. The minimum atomic E-state index is -3.82. The van der Waals surface area contributed by atoms with Crippen LogP contribution in [0.15, 0.2) is 71.6 Å². The molecule has 2 aliphatic heterocycles. The highest BCUT2D eigenvalue weighted by atomic mass is 32.2. The van der Waals surface area contributed by atoms with E-state index in [4.69, 9.17) is 29.4 Å². The van der Waals surface area contributed by atoms with Gasteiger partial charge in [0.2, 0.25) is 10.0 Å². The Labute approximate surface area is 305 Å². The van der Waals surface area contributed by atoms with Gasteiger partial charge in [-0.25, -0.2) is 8.42 Å². The fourth-order valence-corrected chi connectivity index (χ4v) is 8.79. The Hall–Kier alpha value is -3.03. The van der Waals surface area contributed by atoms with Crippen molar-refractivity contribution in [3.05, 3.63) is 89.0 Å². The summed E-state index contributed by atoms with van der Waals surface area (Å²) in [4.78, 5) is 2.62. The van der Waals surface area contributed by atoms with Crippen molar-refractivity contribution in [2.24, 2.45) is 11.7 Å². The Kier molecular flexibility index (Phi) is 14.3. The predicted octanol–water partition coefficient (Wildman–Crippen LogP) is 5.90. The minimum Gasteiger partial charge on any atom is -0.490 e. The van der Waals surface area contributed by atoms with E-state index < -0.39 is 16.1 Å². The maximum Gasteiger partial charge on any atom is 0.243 e. The van der Waals surface area contributed by atoms with Gasteiger partial charge >= 0.3 is 0 Å². The molecule has 11 heteroatoms. The molecule has 2 heterocycles. The molecule has 51 heavy (non-hydrogen) atoms. The number of benzene rings is 3. The summed E-state index contributed by atoms with van der Waals surface area (Å²) in [6.45, 7) is 11.4. The van der Waals surface area contributed by atoms with Gasteiger partial charge in [-0.05, 0) is 74.1 Å². The molecule has 5 rings (SSSR count). The van der Waals surface area contributed by atoms with Crippen LogP contribution in [-0.2, 0) is 42.2 Å². The molecule has 0 spiro atoms. The average Bonchev–Trinajstić information content (AvgIpc) is 3.11. The number of aryl methyl sites for hydroxylation is 1. The van der Waals surface area contributed by atoms with Crippen LogP contribution in [0.25, 0.3) is 0 Å². The van der Waals surface area contributed by atoms with Gasteiger partial charge in [-0.15, -0.1) is 0 Å². The van der Waals surface area contributed by atoms with Crippen LogP contribution in [-0.4, -0.2) is 91.2 Å². The summed E-state index contributed by atoms with van der Waals surface area (Å²) < 4.78 is 59.4. The second-order valence-electron chi connectivity index (χ2n) is 14.2. The summed E-state index contributed by atoms with van der Waals surface area (Å²) in [6.07, 6.45) is 1.67. The number of nitrogens with zero attached hydrogens (tertiary/aromatic N) is 2. The summed E-state index contributed by atoms with van der Waals surface area (Å²) in [7, 11) is -0.388. The lowest BCUT2D eigenvalue weighted by Crippen LogP contribution is -2.53. The number of anilines is 1. The highest BCUT2D eigenvalue weighted by Gasteiger charge is 2.43. The summed E-state index contributed by atoms with van der Waals surface area (Å²) in [6, 6.07) is 21.3. The Balaban J connectivity index is 1.40. The third kappa shape index (κ3) is 10.5. The fraction of sp³-hybridized carbons (Fsp3) is 0.550. The first-order chi connectivity index (χ1) is 24.6. The Morgan fingerprint density at radius 2 is 1.69 bits per heavy atom. The molecule has 2 aliphatic rings. The number of hydrogen-bond donors (Lipinski definition) is 1. The van der Waals surface area contributed by atoms with Crippen LogP contribution in [0.1, 0.15) is 61.3 Å². The molecule has 0 aromatic heterocycles. The molecule has 1 saturated heterocycles. The molecule has 280 valence electrons. The van der Waals surface area contributed by atoms with E-state index in [9.17, 15) is 8.42 Å². The normalized spacial score (nSPS) is 20.8. The molecule has 0 saturated carbocycles. The highest BCUT2D eigenvalue weighted by molar-refractivity contribution is 7.89. The summed E-state index contributed by atoms with van der Waals surface area (Å²) in [5.74, 6) is 1.14. The molecule has 1 fully saturated rings. The molecule has 1 unspecified atom stereocenters. The second kappa shape index (κ2) is 18.6. The lowest BCUT2D eigenvalue weighted by Gasteiger charge is -2.44. The Bertz CT molecular complexity index is 1620. The zero-order valence-electron chi connectivity index (χ0n) is 31.0. The molecule has 3 aromatic carbocycles. The van der Waals surface area contributed by atoms with Gasteiger partial charge in [0.25, 0.3) is 0 Å². The van der Waals surface area contributed by atoms with Crippen molar-refractivity contribution in [3.63, 3.8) is 0 Å². The van der Waals surface area contributed by atoms with Crippen LogP contribution < -0.4 is 15.4 Å². The van der Waals surface area contributed by atoms with Gasteiger partial charge in [-0.3, -0.25) is 0 Å². The van der Waals surface area contributed by atoms with Gasteiger partial charge in [0, 0.05) is 57.8 Å². The third-order valence-corrected chi connectivity index (χ3v) is 11.7. The van der Waals surface area contributed by atoms with Crippen molar-refractivity contribution in [3.8, 4) is 5.75 Å². The number of ether oxygens (including phenoxy) is 5. The van der Waals surface area contributed by atoms with Crippen LogP contribution in [0.2, 0.25) is 0 Å². The van der Waals surface area contributed by atoms with E-state index in [-0.39, 0.29) is 29.4 Å². The van der Waals surface area contributed by atoms with Crippen LogP contribution in [0.3, 0.4) is 0 Å². The number of fused-ring (bicyclic) bond motifs is 1. The lowest BCUT2D eigenvalue weighted by molar-refractivity contribution is -0.0213. The zero-order valence-corrected chi connectivity index (χ0v) is 31.8. The van der Waals surface area contributed by atoms with E-state index in [0.717, 1.165) is 53.2 Å². The van der Waals surface area contributed by atoms with Gasteiger partial charge < -0.3 is 34.3 Å². The largest absolute Gasteiger partial charge is 0.490 e. The number of rotatable bonds is 18. The zero-order chi connectivity index (χ0) is 36.4. The van der Waals surface area contributed by atoms with E-state index in [1.807, 2.05) is 38.1 Å². The SMILES string of the molecule is COCCCN1CCOc2ccc(CO[C@H]3CN(S(=O)(=O)c4ccc(C)cc4)[C@H](CC(C)N)C[C@@H]3c3ccc(COC[C@@H](C)COC)cc3)cc21. The number of piperidine rings is 1. The number of hydrogen-bond acceptors (Lipinski definition) is 9. The molecular formula is C40H57N3O7S. The average molecular weight is 724 g/mol. The van der Waals surface area contributed by atoms with Gasteiger partial charge in [-0.2, -0.15) is 4.31 Å². The predicted molar refractivity (Wildman–Crippen MR) is 201 cm³/mol. The third-order valence-electron chi connectivity index (χ3n) is 9.77. The number of methoxy groups -OCH3 is 2. The first kappa shape index (κ1) is 39.2. The van der Waals surface area contributed by atoms with E-state index in [1.54, 1.807) is 30.7 Å². The standard InChI is InChI=1S/C40H57N3O7S/c1-29-7-14-36(15-8-29)51(44,45)43-24-40(50-28-33-11-16-39-38(22-33)42(18-20-49-39)17-6-19-46-4)37(23-35(43)21-31(3)41)34-12-9-32(10-13-34)27-48-26-30(2)25-47-5/h7-16,22,30-31,35,37,40H,6,17-21,23-28,41H2,1-5H3/t30-,31?,35+,37+,40-/m0/s1. The van der Waals surface area contributed by atoms with E-state index in [0.29, 0.717) is 58.4 Å². The molecule has 0 radical (unpaired) electrons. The van der Waals surface area contributed by atoms with Crippen molar-refractivity contribution < 1.29 is 32.1 Å². The van der Waals surface area contributed by atoms with Crippen molar-refractivity contribution in [2.75, 3.05) is 65.2 Å². The molecule has 10 nitrogen and oxygen atoms in total. The highest BCUT2D eigenvalue weighted by Crippen LogP contribution is 2.39. The smallest absolute Gasteiger partial charge is 0.243 e. The molecule has 3 aromatic rings. The number of nitrogens with two attached hydrogens (primary N) is 1. The molecule has 0 aliphatic carbocycles. The summed E-state index contributed by atoms with van der Waals surface area (Å²) in [5.41, 5.74) is 11.6. The number of sulfonamides is 1. The van der Waals surface area contributed by atoms with Gasteiger partial charge in [0.05, 0.1) is 49.7 Å². The summed E-state index contributed by atoms with van der Waals surface area (Å²) >= 11 is 0. The van der Waals surface area contributed by atoms with Crippen molar-refractivity contribution in [1.29, 1.82) is 0 Å². The molecule has 5 atom stereocenters. The second-order valence-corrected chi connectivity index (χ2v) is 16.1. The van der Waals surface area contributed by atoms with Crippen molar-refractivity contribution >= 4 is 15.7 Å². The topological polar surface area (TPSA) is 113 Å². The van der Waals surface area contributed by atoms with E-state index in [2.05, 4.69) is 42.2 Å². The maximum atomic E-state index is 14.3. The van der Waals surface area contributed by atoms with Gasteiger partial charge in [0.1, 0.15) is 12.4 Å². The van der Waals surface area contributed by atoms with E-state index in [1.165, 1.54) is 0 Å². The first-order valence-corrected chi connectivity index (χ1v) is 19.6. The summed E-state index contributed by atoms with van der Waals surface area (Å²) in [5, 5.41) is 0. The fourth-order valence-electron chi connectivity index (χ4n) is 7.13. The van der Waals surface area contributed by atoms with E-state index >= 15 is 0 Å². The lowest BCUT2D eigenvalue weighted by atomic mass is 9.82. The maximum absolute atomic E-state index is 14.3. The van der Waals surface area contributed by atoms with Crippen LogP contribution in [0, 0.1) is 12.8 Å². The van der Waals surface area contributed by atoms with Crippen molar-refractivity contribution in [2.45, 2.75) is 82.2 Å². The quantitative estimate of drug-likeness (QED) is 0.160. The first-order valence-electron chi connectivity index (χ1n) is 18.2. The van der Waals surface area contributed by atoms with Crippen LogP contribution in [0.5, 0.6) is 5.75 Å². The van der Waals surface area contributed by atoms with Crippen LogP contribution >= 0.6 is 0 Å². The van der Waals surface area contributed by atoms with Crippen molar-refractivity contribution in [1.82, 2.24) is 4.31 Å². The Morgan fingerprint density at radius 1 is 0.941 bits per heavy atom. The minimum absolute atomic E-state index is 0.0404. The van der Waals surface area contributed by atoms with Gasteiger partial charge in [-0.1, -0.05) is 55.0 Å².